The van der Waals surface area contributed by atoms with Gasteiger partial charge in [0.1, 0.15) is 5.52 Å². The minimum absolute atomic E-state index is 0.606. The van der Waals surface area contributed by atoms with Crippen LogP contribution in [0.1, 0.15) is 0 Å². The third-order valence-corrected chi connectivity index (χ3v) is 1.59. The van der Waals surface area contributed by atoms with Crippen molar-refractivity contribution in [1.82, 2.24) is 4.98 Å². The SMILES string of the molecule is Clc1ccnc2ccoc12. The lowest BCUT2D eigenvalue weighted by molar-refractivity contribution is 0.615. The molecule has 0 aliphatic heterocycles. The number of nitrogens with zero attached hydrogens (tertiary/aromatic N) is 1. The molecule has 2 aromatic heterocycles. The molecule has 0 saturated carbocycles. The Hall–Kier alpha value is -1.02. The van der Waals surface area contributed by atoms with E-state index in [-0.39, 0.29) is 0 Å². The van der Waals surface area contributed by atoms with E-state index in [1.807, 2.05) is 0 Å². The second-order valence-corrected chi connectivity index (χ2v) is 2.33. The molecule has 0 aliphatic carbocycles. The van der Waals surface area contributed by atoms with Crippen LogP contribution in [0.15, 0.2) is 29.0 Å². The molecule has 0 radical (unpaired) electrons. The molecular formula is C7H4ClNO. The Balaban J connectivity index is 2.95. The van der Waals surface area contributed by atoms with Gasteiger partial charge in [0.05, 0.1) is 11.3 Å². The van der Waals surface area contributed by atoms with Gasteiger partial charge < -0.3 is 4.42 Å². The quantitative estimate of drug-likeness (QED) is 0.581. The summed E-state index contributed by atoms with van der Waals surface area (Å²) in [6.07, 6.45) is 3.23. The van der Waals surface area contributed by atoms with Gasteiger partial charge in [-0.25, -0.2) is 0 Å². The van der Waals surface area contributed by atoms with Gasteiger partial charge in [0.2, 0.25) is 0 Å². The van der Waals surface area contributed by atoms with Crippen LogP contribution >= 0.6 is 11.6 Å². The molecule has 2 rings (SSSR count). The number of rotatable bonds is 0. The van der Waals surface area contributed by atoms with Crippen molar-refractivity contribution in [1.29, 1.82) is 0 Å². The predicted molar refractivity (Wildman–Crippen MR) is 39.0 cm³/mol. The van der Waals surface area contributed by atoms with E-state index < -0.39 is 0 Å². The summed E-state index contributed by atoms with van der Waals surface area (Å²) in [5.74, 6) is 0. The van der Waals surface area contributed by atoms with Crippen molar-refractivity contribution in [3.63, 3.8) is 0 Å². The first kappa shape index (κ1) is 5.74. The molecule has 2 nitrogen and oxygen atoms in total. The van der Waals surface area contributed by atoms with Crippen molar-refractivity contribution in [2.24, 2.45) is 0 Å². The predicted octanol–water partition coefficient (Wildman–Crippen LogP) is 2.48. The van der Waals surface area contributed by atoms with Crippen molar-refractivity contribution < 1.29 is 4.42 Å². The van der Waals surface area contributed by atoms with Gasteiger partial charge in [-0.05, 0) is 6.07 Å². The number of pyridine rings is 1. The molecule has 0 unspecified atom stereocenters. The molecule has 0 spiro atoms. The van der Waals surface area contributed by atoms with Crippen LogP contribution in [0.25, 0.3) is 11.1 Å². The Morgan fingerprint density at radius 3 is 3.10 bits per heavy atom. The lowest BCUT2D eigenvalue weighted by atomic mass is 10.4. The highest BCUT2D eigenvalue weighted by atomic mass is 35.5. The zero-order chi connectivity index (χ0) is 6.97. The zero-order valence-corrected chi connectivity index (χ0v) is 5.80. The molecular weight excluding hydrogens is 150 g/mol. The topological polar surface area (TPSA) is 26.0 Å². The minimum atomic E-state index is 0.606. The summed E-state index contributed by atoms with van der Waals surface area (Å²) in [7, 11) is 0. The van der Waals surface area contributed by atoms with Crippen molar-refractivity contribution in [3.8, 4) is 0 Å². The van der Waals surface area contributed by atoms with Gasteiger partial charge in [-0.2, -0.15) is 0 Å². The van der Waals surface area contributed by atoms with Crippen molar-refractivity contribution in [3.05, 3.63) is 29.6 Å². The van der Waals surface area contributed by atoms with Crippen molar-refractivity contribution in [2.75, 3.05) is 0 Å². The maximum Gasteiger partial charge on any atom is 0.170 e. The number of fused-ring (bicyclic) bond motifs is 1. The number of halogens is 1. The van der Waals surface area contributed by atoms with Crippen LogP contribution in [-0.2, 0) is 0 Å². The number of hydrogen-bond acceptors (Lipinski definition) is 2. The van der Waals surface area contributed by atoms with Gasteiger partial charge in [0.15, 0.2) is 5.58 Å². The Morgan fingerprint density at radius 2 is 2.30 bits per heavy atom. The largest absolute Gasteiger partial charge is 0.461 e. The van der Waals surface area contributed by atoms with Gasteiger partial charge in [-0.3, -0.25) is 4.98 Å². The lowest BCUT2D eigenvalue weighted by Crippen LogP contribution is -1.70. The van der Waals surface area contributed by atoms with Crippen LogP contribution in [0.2, 0.25) is 5.02 Å². The maximum absolute atomic E-state index is 5.76. The Morgan fingerprint density at radius 1 is 1.40 bits per heavy atom. The van der Waals surface area contributed by atoms with Crippen LogP contribution in [0.3, 0.4) is 0 Å². The average molecular weight is 154 g/mol. The fourth-order valence-electron chi connectivity index (χ4n) is 0.842. The molecule has 0 fully saturated rings. The molecule has 50 valence electrons. The molecule has 0 atom stereocenters. The number of furan rings is 1. The molecule has 2 heterocycles. The molecule has 0 aromatic carbocycles. The summed E-state index contributed by atoms with van der Waals surface area (Å²) in [6, 6.07) is 3.48. The first-order chi connectivity index (χ1) is 4.88. The fourth-order valence-corrected chi connectivity index (χ4v) is 1.04. The second kappa shape index (κ2) is 1.99. The lowest BCUT2D eigenvalue weighted by Gasteiger charge is -1.87. The van der Waals surface area contributed by atoms with Gasteiger partial charge in [0, 0.05) is 12.3 Å². The Kier molecular flexibility index (Phi) is 1.14. The number of hydrogen-bond donors (Lipinski definition) is 0. The molecule has 10 heavy (non-hydrogen) atoms. The summed E-state index contributed by atoms with van der Waals surface area (Å²) < 4.78 is 5.05. The smallest absolute Gasteiger partial charge is 0.170 e. The summed E-state index contributed by atoms with van der Waals surface area (Å²) in [4.78, 5) is 4.02. The van der Waals surface area contributed by atoms with Gasteiger partial charge in [-0.15, -0.1) is 0 Å². The molecule has 0 saturated heterocycles. The first-order valence-corrected chi connectivity index (χ1v) is 3.23. The summed E-state index contributed by atoms with van der Waals surface area (Å²) in [6.45, 7) is 0. The molecule has 0 aliphatic rings. The number of aromatic nitrogens is 1. The average Bonchev–Trinajstić information content (AvgIpc) is 2.36. The zero-order valence-electron chi connectivity index (χ0n) is 5.04. The Labute approximate surface area is 62.4 Å². The van der Waals surface area contributed by atoms with E-state index in [0.717, 1.165) is 5.52 Å². The third kappa shape index (κ3) is 0.693. The van der Waals surface area contributed by atoms with Crippen LogP contribution in [0, 0.1) is 0 Å². The van der Waals surface area contributed by atoms with Crippen LogP contribution in [-0.4, -0.2) is 4.98 Å². The van der Waals surface area contributed by atoms with Crippen molar-refractivity contribution in [2.45, 2.75) is 0 Å². The maximum atomic E-state index is 5.76. The van der Waals surface area contributed by atoms with E-state index in [1.165, 1.54) is 0 Å². The van der Waals surface area contributed by atoms with Crippen molar-refractivity contribution >= 4 is 22.7 Å². The summed E-state index contributed by atoms with van der Waals surface area (Å²) in [5, 5.41) is 0.606. The third-order valence-electron chi connectivity index (χ3n) is 1.30. The second-order valence-electron chi connectivity index (χ2n) is 1.93. The van der Waals surface area contributed by atoms with E-state index >= 15 is 0 Å². The van der Waals surface area contributed by atoms with E-state index in [0.29, 0.717) is 10.6 Å². The standard InChI is InChI=1S/C7H4ClNO/c8-5-1-3-9-6-2-4-10-7(5)6/h1-4H. The van der Waals surface area contributed by atoms with Gasteiger partial charge in [0.25, 0.3) is 0 Å². The van der Waals surface area contributed by atoms with E-state index in [9.17, 15) is 0 Å². The van der Waals surface area contributed by atoms with E-state index in [1.54, 1.807) is 24.6 Å². The summed E-state index contributed by atoms with van der Waals surface area (Å²) >= 11 is 5.76. The molecule has 0 bridgehead atoms. The van der Waals surface area contributed by atoms with Crippen LogP contribution in [0.5, 0.6) is 0 Å². The molecule has 2 aromatic rings. The molecule has 3 heteroatoms. The highest BCUT2D eigenvalue weighted by molar-refractivity contribution is 6.34. The molecule has 0 amide bonds. The summed E-state index contributed by atoms with van der Waals surface area (Å²) in [5.41, 5.74) is 1.46. The Bertz CT molecular complexity index is 355. The fraction of sp³-hybridized carbons (Fsp3) is 0. The highest BCUT2D eigenvalue weighted by Crippen LogP contribution is 2.21. The van der Waals surface area contributed by atoms with Gasteiger partial charge in [-0.1, -0.05) is 11.6 Å². The van der Waals surface area contributed by atoms with E-state index in [4.69, 9.17) is 16.0 Å². The van der Waals surface area contributed by atoms with E-state index in [2.05, 4.69) is 4.98 Å². The highest BCUT2D eigenvalue weighted by Gasteiger charge is 1.99. The molecule has 0 N–H and O–H groups in total. The normalized spacial score (nSPS) is 10.5. The monoisotopic (exact) mass is 153 g/mol. The van der Waals surface area contributed by atoms with Crippen LogP contribution < -0.4 is 0 Å². The first-order valence-electron chi connectivity index (χ1n) is 2.85. The van der Waals surface area contributed by atoms with Gasteiger partial charge >= 0.3 is 0 Å². The minimum Gasteiger partial charge on any atom is -0.461 e. The van der Waals surface area contributed by atoms with Crippen LogP contribution in [0.4, 0.5) is 0 Å².